The molecule has 2 aromatic rings. The van der Waals surface area contributed by atoms with E-state index in [9.17, 15) is 0 Å². The molecular formula is C13H15NSSe. The van der Waals surface area contributed by atoms with Crippen molar-refractivity contribution in [3.05, 3.63) is 43.7 Å². The van der Waals surface area contributed by atoms with E-state index in [0.717, 1.165) is 5.69 Å². The zero-order valence-electron chi connectivity index (χ0n) is 9.73. The molecule has 84 valence electrons. The van der Waals surface area contributed by atoms with Crippen molar-refractivity contribution in [3.63, 3.8) is 0 Å². The number of rotatable bonds is 1. The summed E-state index contributed by atoms with van der Waals surface area (Å²) in [5.41, 5.74) is 1.33. The summed E-state index contributed by atoms with van der Waals surface area (Å²) in [7, 11) is 0. The Labute approximate surface area is 106 Å². The second-order valence-corrected chi connectivity index (χ2v) is 8.08. The van der Waals surface area contributed by atoms with Crippen LogP contribution >= 0.6 is 11.3 Å². The summed E-state index contributed by atoms with van der Waals surface area (Å²) in [6, 6.07) is 10.2. The van der Waals surface area contributed by atoms with Gasteiger partial charge in [0.1, 0.15) is 0 Å². The van der Waals surface area contributed by atoms with Crippen LogP contribution in [-0.2, 0) is 5.41 Å². The van der Waals surface area contributed by atoms with E-state index in [0.29, 0.717) is 14.5 Å². The van der Waals surface area contributed by atoms with Gasteiger partial charge in [-0.2, -0.15) is 0 Å². The zero-order valence-corrected chi connectivity index (χ0v) is 12.3. The Hall–Kier alpha value is -0.631. The number of nitrogens with zero attached hydrogens (tertiary/aromatic N) is 1. The van der Waals surface area contributed by atoms with Crippen LogP contribution in [0.4, 0.5) is 5.69 Å². The van der Waals surface area contributed by atoms with Crippen LogP contribution in [0.3, 0.4) is 0 Å². The molecule has 0 aliphatic rings. The van der Waals surface area contributed by atoms with Crippen LogP contribution in [0.2, 0.25) is 0 Å². The Morgan fingerprint density at radius 1 is 1.12 bits per heavy atom. The first-order valence-electron chi connectivity index (χ1n) is 5.24. The summed E-state index contributed by atoms with van der Waals surface area (Å²) in [5.74, 6) is 0. The molecule has 1 nitrogen and oxygen atoms in total. The van der Waals surface area contributed by atoms with Gasteiger partial charge in [-0.05, 0) is 0 Å². The Balaban J connectivity index is 2.36. The normalized spacial score (nSPS) is 13.1. The van der Waals surface area contributed by atoms with Gasteiger partial charge in [0.2, 0.25) is 0 Å². The zero-order chi connectivity index (χ0) is 11.6. The van der Waals surface area contributed by atoms with Crippen molar-refractivity contribution in [1.29, 1.82) is 0 Å². The van der Waals surface area contributed by atoms with Crippen LogP contribution in [0.15, 0.2) is 40.3 Å². The van der Waals surface area contributed by atoms with Gasteiger partial charge >= 0.3 is 106 Å². The molecule has 0 bridgehead atoms. The van der Waals surface area contributed by atoms with Crippen molar-refractivity contribution in [2.24, 2.45) is 4.99 Å². The van der Waals surface area contributed by atoms with Gasteiger partial charge in [0, 0.05) is 0 Å². The molecule has 0 aliphatic carbocycles. The third-order valence-corrected chi connectivity index (χ3v) is 6.11. The SMILES string of the molecule is CC(C)(C)c1c[se]c(=Nc2ccccc2)s1. The van der Waals surface area contributed by atoms with E-state index in [1.165, 1.54) is 8.42 Å². The first-order chi connectivity index (χ1) is 7.55. The molecule has 0 unspecified atom stereocenters. The monoisotopic (exact) mass is 297 g/mol. The fraction of sp³-hybridized carbons (Fsp3) is 0.308. The van der Waals surface area contributed by atoms with Gasteiger partial charge in [0.25, 0.3) is 0 Å². The van der Waals surface area contributed by atoms with E-state index in [1.54, 1.807) is 0 Å². The molecule has 0 saturated carbocycles. The van der Waals surface area contributed by atoms with Crippen molar-refractivity contribution in [1.82, 2.24) is 0 Å². The van der Waals surface area contributed by atoms with Gasteiger partial charge in [-0.3, -0.25) is 0 Å². The molecule has 0 spiro atoms. The van der Waals surface area contributed by atoms with Gasteiger partial charge < -0.3 is 0 Å². The van der Waals surface area contributed by atoms with Crippen molar-refractivity contribution in [2.45, 2.75) is 26.2 Å². The second-order valence-electron chi connectivity index (χ2n) is 4.67. The van der Waals surface area contributed by atoms with Gasteiger partial charge in [-0.25, -0.2) is 0 Å². The number of hydrogen-bond donors (Lipinski definition) is 0. The molecule has 0 amide bonds. The molecule has 0 radical (unpaired) electrons. The Kier molecular flexibility index (Phi) is 3.48. The minimum atomic E-state index is 0.264. The van der Waals surface area contributed by atoms with Crippen LogP contribution in [-0.4, -0.2) is 14.5 Å². The Bertz CT molecular complexity index is 517. The first kappa shape index (κ1) is 11.8. The minimum absolute atomic E-state index is 0.264. The summed E-state index contributed by atoms with van der Waals surface area (Å²) >= 11 is 2.27. The summed E-state index contributed by atoms with van der Waals surface area (Å²) in [6.45, 7) is 6.77. The van der Waals surface area contributed by atoms with E-state index in [4.69, 9.17) is 0 Å². The first-order valence-corrected chi connectivity index (χ1v) is 7.91. The molecule has 2 rings (SSSR count). The molecule has 16 heavy (non-hydrogen) atoms. The number of hydrogen-bond acceptors (Lipinski definition) is 2. The van der Waals surface area contributed by atoms with Crippen LogP contribution in [0.1, 0.15) is 25.6 Å². The van der Waals surface area contributed by atoms with Gasteiger partial charge in [-0.1, -0.05) is 0 Å². The predicted molar refractivity (Wildman–Crippen MR) is 71.6 cm³/mol. The van der Waals surface area contributed by atoms with Crippen molar-refractivity contribution < 1.29 is 0 Å². The molecule has 1 heterocycles. The Morgan fingerprint density at radius 2 is 1.81 bits per heavy atom. The molecular weight excluding hydrogens is 281 g/mol. The molecule has 1 aromatic carbocycles. The van der Waals surface area contributed by atoms with Crippen molar-refractivity contribution in [2.75, 3.05) is 0 Å². The molecule has 0 N–H and O–H groups in total. The van der Waals surface area contributed by atoms with E-state index >= 15 is 0 Å². The average Bonchev–Trinajstić information content (AvgIpc) is 2.67. The quantitative estimate of drug-likeness (QED) is 0.716. The second kappa shape index (κ2) is 4.70. The maximum atomic E-state index is 4.68. The molecule has 3 heteroatoms. The average molecular weight is 296 g/mol. The van der Waals surface area contributed by atoms with Crippen LogP contribution in [0, 0.1) is 0 Å². The van der Waals surface area contributed by atoms with E-state index in [2.05, 4.69) is 42.8 Å². The summed E-state index contributed by atoms with van der Waals surface area (Å²) in [4.78, 5) is 8.50. The molecule has 0 aliphatic heterocycles. The molecule has 1 aromatic heterocycles. The summed E-state index contributed by atoms with van der Waals surface area (Å²) in [6.07, 6.45) is 0. The van der Waals surface area contributed by atoms with E-state index in [-0.39, 0.29) is 5.41 Å². The third kappa shape index (κ3) is 2.94. The van der Waals surface area contributed by atoms with E-state index in [1.807, 2.05) is 29.5 Å². The van der Waals surface area contributed by atoms with Gasteiger partial charge in [-0.15, -0.1) is 0 Å². The van der Waals surface area contributed by atoms with Gasteiger partial charge in [0.15, 0.2) is 0 Å². The standard InChI is InChI=1S/C13H15NSSe/c1-13(2,3)11-9-16-12(15-11)14-10-7-5-4-6-8-10/h4-9H,1-3H3. The number of benzene rings is 1. The summed E-state index contributed by atoms with van der Waals surface area (Å²) < 4.78 is 1.27. The molecule has 0 fully saturated rings. The third-order valence-electron chi connectivity index (χ3n) is 2.18. The van der Waals surface area contributed by atoms with Crippen LogP contribution < -0.4 is 3.54 Å². The van der Waals surface area contributed by atoms with Crippen molar-refractivity contribution >= 4 is 31.5 Å². The number of para-hydroxylation sites is 1. The fourth-order valence-electron chi connectivity index (χ4n) is 1.23. The molecule has 0 atom stereocenters. The Morgan fingerprint density at radius 3 is 2.38 bits per heavy atom. The molecule has 0 saturated heterocycles. The predicted octanol–water partition coefficient (Wildman–Crippen LogP) is 3.34. The van der Waals surface area contributed by atoms with Crippen molar-refractivity contribution in [3.8, 4) is 0 Å². The fourth-order valence-corrected chi connectivity index (χ4v) is 5.16. The summed E-state index contributed by atoms with van der Waals surface area (Å²) in [5, 5.41) is 0. The van der Waals surface area contributed by atoms with Crippen LogP contribution in [0.25, 0.3) is 0 Å². The topological polar surface area (TPSA) is 12.4 Å². The maximum absolute atomic E-state index is 4.68. The van der Waals surface area contributed by atoms with E-state index < -0.39 is 0 Å². The van der Waals surface area contributed by atoms with Crippen LogP contribution in [0.5, 0.6) is 0 Å². The van der Waals surface area contributed by atoms with Gasteiger partial charge in [0.05, 0.1) is 0 Å².